The maximum absolute atomic E-state index is 13.0. The Hall–Kier alpha value is -4.38. The van der Waals surface area contributed by atoms with Gasteiger partial charge in [0.2, 0.25) is 0 Å². The van der Waals surface area contributed by atoms with E-state index in [2.05, 4.69) is 58.1 Å². The Labute approximate surface area is 272 Å². The Kier molecular flexibility index (Phi) is 7.96. The molecule has 0 saturated carbocycles. The highest BCUT2D eigenvalue weighted by Crippen LogP contribution is 2.53. The highest BCUT2D eigenvalue weighted by molar-refractivity contribution is 6.30. The molecular weight excluding hydrogens is 604 g/mol. The molecule has 0 bridgehead atoms. The lowest BCUT2D eigenvalue weighted by atomic mass is 9.74. The van der Waals surface area contributed by atoms with Crippen molar-refractivity contribution in [3.63, 3.8) is 0 Å². The first-order valence-electron chi connectivity index (χ1n) is 15.6. The molecule has 1 aromatic heterocycles. The number of nitro benzene ring substituents is 1. The predicted octanol–water partition coefficient (Wildman–Crippen LogP) is 6.59. The normalized spacial score (nSPS) is 20.0. The molecule has 0 amide bonds. The number of aromatic nitrogens is 2. The number of anilines is 2. The van der Waals surface area contributed by atoms with Gasteiger partial charge in [-0.1, -0.05) is 42.8 Å². The minimum absolute atomic E-state index is 0.0562. The summed E-state index contributed by atoms with van der Waals surface area (Å²) in [4.78, 5) is 37.8. The maximum atomic E-state index is 13.0. The Balaban J connectivity index is 1.13. The Morgan fingerprint density at radius 1 is 1.07 bits per heavy atom. The Bertz CT molecular complexity index is 1790. The van der Waals surface area contributed by atoms with Gasteiger partial charge in [0.15, 0.2) is 0 Å². The first-order valence-corrected chi connectivity index (χ1v) is 16.0. The van der Waals surface area contributed by atoms with Gasteiger partial charge in [-0.05, 0) is 85.3 Å². The second kappa shape index (κ2) is 12.1. The molecule has 1 spiro atoms. The lowest BCUT2D eigenvalue weighted by molar-refractivity contribution is -0.384. The molecule has 2 N–H and O–H groups in total. The summed E-state index contributed by atoms with van der Waals surface area (Å²) in [5.74, 6) is 0.359. The topological polar surface area (TPSA) is 128 Å². The maximum Gasteiger partial charge on any atom is 0.338 e. The van der Waals surface area contributed by atoms with Crippen LogP contribution in [0.5, 0.6) is 0 Å². The number of halogens is 1. The number of rotatable bonds is 7. The van der Waals surface area contributed by atoms with E-state index in [0.29, 0.717) is 18.7 Å². The Morgan fingerprint density at radius 2 is 1.78 bits per heavy atom. The van der Waals surface area contributed by atoms with Crippen LogP contribution in [0.2, 0.25) is 5.02 Å². The lowest BCUT2D eigenvalue weighted by Gasteiger charge is -2.40. The van der Waals surface area contributed by atoms with Gasteiger partial charge in [-0.25, -0.2) is 14.8 Å². The van der Waals surface area contributed by atoms with E-state index in [1.54, 1.807) is 6.33 Å². The molecule has 2 atom stereocenters. The van der Waals surface area contributed by atoms with Crippen molar-refractivity contribution in [3.8, 4) is 0 Å². The van der Waals surface area contributed by atoms with Crippen LogP contribution in [0.15, 0.2) is 73.1 Å². The molecule has 7 rings (SSSR count). The summed E-state index contributed by atoms with van der Waals surface area (Å²) >= 11 is 6.59. The quantitative estimate of drug-likeness (QED) is 0.135. The molecule has 2 aliphatic heterocycles. The summed E-state index contributed by atoms with van der Waals surface area (Å²) in [5, 5.41) is 11.8. The number of esters is 1. The Morgan fingerprint density at radius 3 is 2.48 bits per heavy atom. The first kappa shape index (κ1) is 30.3. The summed E-state index contributed by atoms with van der Waals surface area (Å²) < 4.78 is 5.93. The fourth-order valence-corrected chi connectivity index (χ4v) is 7.52. The molecule has 11 heteroatoms. The van der Waals surface area contributed by atoms with Gasteiger partial charge in [0.25, 0.3) is 5.69 Å². The number of likely N-dealkylation sites (tertiary alicyclic amines) is 1. The van der Waals surface area contributed by atoms with Crippen molar-refractivity contribution in [2.75, 3.05) is 24.5 Å². The number of hydrogen-bond donors (Lipinski definition) is 1. The summed E-state index contributed by atoms with van der Waals surface area (Å²) in [6.07, 6.45) is 3.58. The fourth-order valence-electron chi connectivity index (χ4n) is 7.35. The third-order valence-electron chi connectivity index (χ3n) is 9.84. The highest BCUT2D eigenvalue weighted by Gasteiger charge is 2.47. The number of carbonyl (C=O) groups excluding carboxylic acids is 1. The van der Waals surface area contributed by atoms with Gasteiger partial charge < -0.3 is 15.4 Å². The van der Waals surface area contributed by atoms with Crippen LogP contribution in [0.3, 0.4) is 0 Å². The average molecular weight is 639 g/mol. The van der Waals surface area contributed by atoms with Gasteiger partial charge in [-0.2, -0.15) is 0 Å². The summed E-state index contributed by atoms with van der Waals surface area (Å²) in [5.41, 5.74) is 12.4. The van der Waals surface area contributed by atoms with Gasteiger partial charge in [0.05, 0.1) is 16.2 Å². The number of nitrogens with two attached hydrogens (primary N) is 1. The van der Waals surface area contributed by atoms with Gasteiger partial charge in [0, 0.05) is 53.5 Å². The SMILES string of the molecule is C[C@@H]1C[C@@H](OC(=O)c2ccc([N+](=O)[O-])cc2)c2ncnc(N3CC4(CCN(Cc5ccc(CN)cc5)CC4)c4cc(Cl)ccc43)c21. The standard InChI is InChI=1S/C35H35ClN6O4/c1-22-16-30(46-34(43)25-6-9-27(10-7-25)42(44)45)32-31(22)33(39-21-38-32)41-20-35(28-17-26(36)8-11-29(28)41)12-14-40(15-13-35)19-24-4-2-23(18-37)3-5-24/h2-11,17,21-22,30H,12-16,18-20,37H2,1H3/t22-,30-/m1/s1. The first-order chi connectivity index (χ1) is 22.2. The second-order valence-electron chi connectivity index (χ2n) is 12.7. The number of non-ortho nitro benzene ring substituents is 1. The number of carbonyl (C=O) groups is 1. The second-order valence-corrected chi connectivity index (χ2v) is 13.1. The van der Waals surface area contributed by atoms with Crippen LogP contribution < -0.4 is 10.6 Å². The van der Waals surface area contributed by atoms with E-state index in [4.69, 9.17) is 27.1 Å². The molecule has 1 fully saturated rings. The van der Waals surface area contributed by atoms with Gasteiger partial charge in [0.1, 0.15) is 18.2 Å². The van der Waals surface area contributed by atoms with Crippen LogP contribution in [0.25, 0.3) is 0 Å². The summed E-state index contributed by atoms with van der Waals surface area (Å²) in [6.45, 7) is 6.29. The van der Waals surface area contributed by atoms with Crippen molar-refractivity contribution < 1.29 is 14.5 Å². The third kappa shape index (κ3) is 5.50. The number of nitro groups is 1. The molecule has 0 unspecified atom stereocenters. The molecule has 3 aliphatic rings. The predicted molar refractivity (Wildman–Crippen MR) is 175 cm³/mol. The van der Waals surface area contributed by atoms with E-state index in [1.165, 1.54) is 35.4 Å². The number of benzene rings is 3. The fraction of sp³-hybridized carbons (Fsp3) is 0.343. The van der Waals surface area contributed by atoms with Gasteiger partial charge >= 0.3 is 5.97 Å². The largest absolute Gasteiger partial charge is 0.452 e. The van der Waals surface area contributed by atoms with Crippen LogP contribution >= 0.6 is 11.6 Å². The van der Waals surface area contributed by atoms with E-state index < -0.39 is 17.0 Å². The zero-order valence-corrected chi connectivity index (χ0v) is 26.3. The summed E-state index contributed by atoms with van der Waals surface area (Å²) in [7, 11) is 0. The molecule has 10 nitrogen and oxygen atoms in total. The average Bonchev–Trinajstić information content (AvgIpc) is 3.56. The van der Waals surface area contributed by atoms with Crippen molar-refractivity contribution in [1.29, 1.82) is 0 Å². The van der Waals surface area contributed by atoms with Crippen molar-refractivity contribution in [1.82, 2.24) is 14.9 Å². The van der Waals surface area contributed by atoms with Crippen molar-refractivity contribution in [2.45, 2.75) is 56.7 Å². The molecule has 1 saturated heterocycles. The van der Waals surface area contributed by atoms with E-state index in [-0.39, 0.29) is 22.6 Å². The third-order valence-corrected chi connectivity index (χ3v) is 10.1. The zero-order chi connectivity index (χ0) is 32.0. The molecule has 3 aromatic carbocycles. The van der Waals surface area contributed by atoms with E-state index >= 15 is 0 Å². The number of hydrogen-bond acceptors (Lipinski definition) is 9. The molecule has 0 radical (unpaired) electrons. The minimum atomic E-state index is -0.544. The summed E-state index contributed by atoms with van der Waals surface area (Å²) in [6, 6.07) is 20.2. The lowest BCUT2D eigenvalue weighted by Crippen LogP contribution is -2.44. The van der Waals surface area contributed by atoms with Gasteiger partial charge in [-0.15, -0.1) is 0 Å². The van der Waals surface area contributed by atoms with E-state index in [9.17, 15) is 14.9 Å². The molecule has 4 aromatic rings. The molecular formula is C35H35ClN6O4. The van der Waals surface area contributed by atoms with Gasteiger partial charge in [-0.3, -0.25) is 15.0 Å². The number of ether oxygens (including phenoxy) is 1. The van der Waals surface area contributed by atoms with Crippen molar-refractivity contribution in [3.05, 3.63) is 122 Å². The van der Waals surface area contributed by atoms with Crippen molar-refractivity contribution >= 4 is 34.8 Å². The van der Waals surface area contributed by atoms with Crippen LogP contribution in [-0.2, 0) is 23.2 Å². The van der Waals surface area contributed by atoms with Crippen LogP contribution in [-0.4, -0.2) is 45.4 Å². The number of nitrogens with zero attached hydrogens (tertiary/aromatic N) is 5. The smallest absolute Gasteiger partial charge is 0.338 e. The number of piperidine rings is 1. The van der Waals surface area contributed by atoms with Crippen molar-refractivity contribution in [2.24, 2.45) is 5.73 Å². The van der Waals surface area contributed by atoms with E-state index in [1.807, 2.05) is 6.07 Å². The molecule has 46 heavy (non-hydrogen) atoms. The minimum Gasteiger partial charge on any atom is -0.452 e. The monoisotopic (exact) mass is 638 g/mol. The molecule has 3 heterocycles. The highest BCUT2D eigenvalue weighted by atomic mass is 35.5. The van der Waals surface area contributed by atoms with Crippen LogP contribution in [0, 0.1) is 10.1 Å². The van der Waals surface area contributed by atoms with Crippen LogP contribution in [0.4, 0.5) is 17.2 Å². The molecule has 1 aliphatic carbocycles. The van der Waals surface area contributed by atoms with Crippen LogP contribution in [0.1, 0.15) is 76.5 Å². The van der Waals surface area contributed by atoms with E-state index in [0.717, 1.165) is 66.7 Å². The number of fused-ring (bicyclic) bond motifs is 3. The zero-order valence-electron chi connectivity index (χ0n) is 25.6. The molecule has 236 valence electrons.